The highest BCUT2D eigenvalue weighted by atomic mass is 16.7. The highest BCUT2D eigenvalue weighted by Gasteiger charge is 2.52. The molecule has 0 aliphatic carbocycles. The van der Waals surface area contributed by atoms with Gasteiger partial charge in [-0.15, -0.1) is 5.10 Å². The van der Waals surface area contributed by atoms with E-state index in [4.69, 9.17) is 18.9 Å². The Bertz CT molecular complexity index is 1170. The number of carbonyl (C=O) groups is 5. The quantitative estimate of drug-likeness (QED) is 0.361. The monoisotopic (exact) mass is 518 g/mol. The zero-order valence-electron chi connectivity index (χ0n) is 20.5. The zero-order chi connectivity index (χ0) is 27.1. The molecule has 4 atom stereocenters. The third kappa shape index (κ3) is 7.10. The SMILES string of the molecule is COC(=O)c1nc(NC(=O)Cc2ccccc2)n([C@@H]2O[C@H](COC(C)=O)[C@@H](OC(C)=O)[C@H]2OC(C)=O)n1. The Labute approximate surface area is 211 Å². The molecule has 1 saturated heterocycles. The molecular weight excluding hydrogens is 492 g/mol. The molecule has 1 aromatic carbocycles. The third-order valence-corrected chi connectivity index (χ3v) is 5.04. The lowest BCUT2D eigenvalue weighted by Crippen LogP contribution is -2.40. The van der Waals surface area contributed by atoms with E-state index < -0.39 is 60.1 Å². The molecule has 0 spiro atoms. The van der Waals surface area contributed by atoms with Gasteiger partial charge in [-0.2, -0.15) is 9.67 Å². The fourth-order valence-corrected chi connectivity index (χ4v) is 3.60. The van der Waals surface area contributed by atoms with E-state index in [1.165, 1.54) is 6.92 Å². The van der Waals surface area contributed by atoms with E-state index in [2.05, 4.69) is 20.1 Å². The number of methoxy groups -OCH3 is 1. The maximum Gasteiger partial charge on any atom is 0.378 e. The first-order chi connectivity index (χ1) is 17.6. The Hall–Kier alpha value is -4.33. The molecule has 1 N–H and O–H groups in total. The van der Waals surface area contributed by atoms with Gasteiger partial charge in [0, 0.05) is 20.8 Å². The standard InChI is InChI=1S/C23H26N4O10/c1-12(28)34-11-16-18(35-13(2)29)19(36-14(3)30)21(37-16)27-23(25-20(26-27)22(32)33-4)24-17(31)10-15-8-6-5-7-9-15/h5-9,16,18-19,21H,10-11H2,1-4H3,(H,24,25,26,31)/t16-,18-,19-,21-/m1/s1. The number of esters is 4. The minimum atomic E-state index is -1.34. The van der Waals surface area contributed by atoms with Crippen molar-refractivity contribution >= 4 is 35.7 Å². The van der Waals surface area contributed by atoms with Crippen molar-refractivity contribution in [2.24, 2.45) is 0 Å². The number of anilines is 1. The number of amides is 1. The van der Waals surface area contributed by atoms with Crippen molar-refractivity contribution in [3.8, 4) is 0 Å². The fraction of sp³-hybridized carbons (Fsp3) is 0.435. The summed E-state index contributed by atoms with van der Waals surface area (Å²) in [5.41, 5.74) is 0.713. The molecule has 0 bridgehead atoms. The van der Waals surface area contributed by atoms with Crippen LogP contribution in [0.2, 0.25) is 0 Å². The summed E-state index contributed by atoms with van der Waals surface area (Å²) >= 11 is 0. The van der Waals surface area contributed by atoms with Crippen molar-refractivity contribution < 1.29 is 47.7 Å². The van der Waals surface area contributed by atoms with Gasteiger partial charge in [-0.3, -0.25) is 24.5 Å². The summed E-state index contributed by atoms with van der Waals surface area (Å²) in [5, 5.41) is 6.63. The number of nitrogens with one attached hydrogen (secondary N) is 1. The summed E-state index contributed by atoms with van der Waals surface area (Å²) in [6.07, 6.45) is -4.97. The van der Waals surface area contributed by atoms with Crippen molar-refractivity contribution in [1.29, 1.82) is 0 Å². The Morgan fingerprint density at radius 1 is 0.973 bits per heavy atom. The van der Waals surface area contributed by atoms with Crippen LogP contribution in [0.4, 0.5) is 5.95 Å². The molecule has 1 aliphatic rings. The van der Waals surface area contributed by atoms with Crippen LogP contribution in [0.15, 0.2) is 30.3 Å². The number of nitrogens with zero attached hydrogens (tertiary/aromatic N) is 3. The maximum absolute atomic E-state index is 12.7. The van der Waals surface area contributed by atoms with E-state index in [1.807, 2.05) is 0 Å². The van der Waals surface area contributed by atoms with E-state index in [0.717, 1.165) is 25.6 Å². The van der Waals surface area contributed by atoms with Gasteiger partial charge in [-0.25, -0.2) is 4.79 Å². The largest absolute Gasteiger partial charge is 0.463 e. The van der Waals surface area contributed by atoms with Gasteiger partial charge in [0.1, 0.15) is 12.7 Å². The van der Waals surface area contributed by atoms with E-state index in [9.17, 15) is 24.0 Å². The molecule has 3 rings (SSSR count). The molecule has 1 aromatic heterocycles. The topological polar surface area (TPSA) is 174 Å². The lowest BCUT2D eigenvalue weighted by atomic mass is 10.1. The molecule has 37 heavy (non-hydrogen) atoms. The highest BCUT2D eigenvalue weighted by Crippen LogP contribution is 2.35. The van der Waals surface area contributed by atoms with E-state index >= 15 is 0 Å². The summed E-state index contributed by atoms with van der Waals surface area (Å²) < 4.78 is 27.3. The van der Waals surface area contributed by atoms with Crippen LogP contribution in [-0.4, -0.2) is 76.6 Å². The normalized spacial score (nSPS) is 20.5. The number of aromatic nitrogens is 3. The van der Waals surface area contributed by atoms with Gasteiger partial charge in [0.05, 0.1) is 13.5 Å². The van der Waals surface area contributed by atoms with Crippen molar-refractivity contribution in [3.05, 3.63) is 41.7 Å². The van der Waals surface area contributed by atoms with E-state index in [-0.39, 0.29) is 19.0 Å². The van der Waals surface area contributed by atoms with Crippen LogP contribution in [0.3, 0.4) is 0 Å². The number of hydrogen-bond donors (Lipinski definition) is 1. The number of hydrogen-bond acceptors (Lipinski definition) is 12. The van der Waals surface area contributed by atoms with Gasteiger partial charge in [-0.1, -0.05) is 30.3 Å². The number of rotatable bonds is 9. The Morgan fingerprint density at radius 3 is 2.22 bits per heavy atom. The predicted octanol–water partition coefficient (Wildman–Crippen LogP) is 0.570. The minimum absolute atomic E-state index is 0.0225. The molecule has 0 saturated carbocycles. The fourth-order valence-electron chi connectivity index (χ4n) is 3.60. The smallest absolute Gasteiger partial charge is 0.378 e. The Morgan fingerprint density at radius 2 is 1.62 bits per heavy atom. The van der Waals surface area contributed by atoms with Gasteiger partial charge in [0.2, 0.25) is 11.9 Å². The second-order valence-corrected chi connectivity index (χ2v) is 7.92. The van der Waals surface area contributed by atoms with Crippen LogP contribution in [0.5, 0.6) is 0 Å². The molecule has 14 heteroatoms. The molecule has 2 aromatic rings. The zero-order valence-corrected chi connectivity index (χ0v) is 20.5. The summed E-state index contributed by atoms with van der Waals surface area (Å²) in [6, 6.07) is 8.86. The summed E-state index contributed by atoms with van der Waals surface area (Å²) in [6.45, 7) is 3.10. The van der Waals surface area contributed by atoms with Crippen LogP contribution in [0.25, 0.3) is 0 Å². The molecule has 2 heterocycles. The molecule has 1 amide bonds. The average Bonchev–Trinajstić information content (AvgIpc) is 3.38. The van der Waals surface area contributed by atoms with Crippen molar-refractivity contribution in [2.75, 3.05) is 19.0 Å². The first kappa shape index (κ1) is 27.3. The first-order valence-corrected chi connectivity index (χ1v) is 11.1. The Kier molecular flexibility index (Phi) is 8.90. The van der Waals surface area contributed by atoms with Gasteiger partial charge in [0.25, 0.3) is 5.82 Å². The maximum atomic E-state index is 12.7. The van der Waals surface area contributed by atoms with Crippen molar-refractivity contribution in [2.45, 2.75) is 51.7 Å². The second kappa shape index (κ2) is 12.1. The van der Waals surface area contributed by atoms with Crippen LogP contribution in [0, 0.1) is 0 Å². The van der Waals surface area contributed by atoms with Crippen LogP contribution < -0.4 is 5.32 Å². The number of benzene rings is 1. The highest BCUT2D eigenvalue weighted by molar-refractivity contribution is 5.91. The van der Waals surface area contributed by atoms with E-state index in [0.29, 0.717) is 5.56 Å². The molecule has 0 radical (unpaired) electrons. The van der Waals surface area contributed by atoms with Gasteiger partial charge < -0.3 is 23.7 Å². The summed E-state index contributed by atoms with van der Waals surface area (Å²) in [5.74, 6) is -4.14. The van der Waals surface area contributed by atoms with Crippen molar-refractivity contribution in [3.63, 3.8) is 0 Å². The van der Waals surface area contributed by atoms with Crippen LogP contribution in [0.1, 0.15) is 43.2 Å². The van der Waals surface area contributed by atoms with Gasteiger partial charge >= 0.3 is 23.9 Å². The molecule has 1 aliphatic heterocycles. The average molecular weight is 518 g/mol. The summed E-state index contributed by atoms with van der Waals surface area (Å²) in [7, 11) is 1.12. The number of ether oxygens (including phenoxy) is 5. The summed E-state index contributed by atoms with van der Waals surface area (Å²) in [4.78, 5) is 64.0. The molecular formula is C23H26N4O10. The molecule has 198 valence electrons. The number of carbonyl (C=O) groups excluding carboxylic acids is 5. The van der Waals surface area contributed by atoms with E-state index in [1.54, 1.807) is 30.3 Å². The van der Waals surface area contributed by atoms with Crippen LogP contribution in [-0.2, 0) is 49.3 Å². The predicted molar refractivity (Wildman–Crippen MR) is 122 cm³/mol. The van der Waals surface area contributed by atoms with Crippen LogP contribution >= 0.6 is 0 Å². The molecule has 0 unspecified atom stereocenters. The molecule has 1 fully saturated rings. The third-order valence-electron chi connectivity index (χ3n) is 5.04. The lowest BCUT2D eigenvalue weighted by Gasteiger charge is -2.23. The lowest BCUT2D eigenvalue weighted by molar-refractivity contribution is -0.166. The Balaban J connectivity index is 1.99. The second-order valence-electron chi connectivity index (χ2n) is 7.92. The van der Waals surface area contributed by atoms with Crippen molar-refractivity contribution in [1.82, 2.24) is 14.8 Å². The minimum Gasteiger partial charge on any atom is -0.463 e. The van der Waals surface area contributed by atoms with Gasteiger partial charge in [0.15, 0.2) is 18.4 Å². The first-order valence-electron chi connectivity index (χ1n) is 11.1. The van der Waals surface area contributed by atoms with Gasteiger partial charge in [-0.05, 0) is 5.56 Å². The molecule has 14 nitrogen and oxygen atoms in total.